The molecule has 2 rings (SSSR count). The Morgan fingerprint density at radius 2 is 1.74 bits per heavy atom. The Morgan fingerprint density at radius 3 is 2.37 bits per heavy atom. The van der Waals surface area contributed by atoms with Crippen molar-refractivity contribution in [2.45, 2.75) is 10.6 Å². The third-order valence-electron chi connectivity index (χ3n) is 2.83. The number of hydrogen-bond acceptors (Lipinski definition) is 3. The molecule has 0 saturated carbocycles. The summed E-state index contributed by atoms with van der Waals surface area (Å²) >= 11 is 4.97. The maximum atomic E-state index is 11.8. The summed E-state index contributed by atoms with van der Waals surface area (Å²) in [4.78, 5) is 24.5. The van der Waals surface area contributed by atoms with Crippen molar-refractivity contribution >= 4 is 27.7 Å². The Balaban J connectivity index is 2.23. The predicted octanol–water partition coefficient (Wildman–Crippen LogP) is 2.14. The predicted molar refractivity (Wildman–Crippen MR) is 80.6 cm³/mol. The molecule has 1 heterocycles. The number of halogens is 1. The van der Waals surface area contributed by atoms with Crippen LogP contribution in [0.15, 0.2) is 49.3 Å². The Morgan fingerprint density at radius 1 is 1.11 bits per heavy atom. The Hall–Kier alpha value is -1.27. The van der Waals surface area contributed by atoms with E-state index >= 15 is 0 Å². The van der Waals surface area contributed by atoms with Crippen LogP contribution in [0.4, 0.5) is 0 Å². The number of thioether (sulfide) groups is 1. The number of hydrogen-bond donors (Lipinski definition) is 0. The van der Waals surface area contributed by atoms with Gasteiger partial charge in [0.25, 0.3) is 5.56 Å². The first-order valence-electron chi connectivity index (χ1n) is 5.63. The summed E-state index contributed by atoms with van der Waals surface area (Å²) in [5, 5.41) is 0. The number of aromatic nitrogens is 2. The number of rotatable bonds is 3. The van der Waals surface area contributed by atoms with Gasteiger partial charge in [-0.3, -0.25) is 13.9 Å². The zero-order valence-electron chi connectivity index (χ0n) is 10.6. The quantitative estimate of drug-likeness (QED) is 0.804. The van der Waals surface area contributed by atoms with E-state index in [4.69, 9.17) is 0 Å². The van der Waals surface area contributed by atoms with Crippen LogP contribution in [0.25, 0.3) is 0 Å². The molecular formula is C13H13BrN2O2S. The molecule has 0 unspecified atom stereocenters. The van der Waals surface area contributed by atoms with E-state index < -0.39 is 0 Å². The van der Waals surface area contributed by atoms with Crippen molar-refractivity contribution in [3.05, 3.63) is 61.3 Å². The van der Waals surface area contributed by atoms with Gasteiger partial charge in [-0.2, -0.15) is 0 Å². The topological polar surface area (TPSA) is 44.0 Å². The van der Waals surface area contributed by atoms with Gasteiger partial charge in [0, 0.05) is 41.0 Å². The summed E-state index contributed by atoms with van der Waals surface area (Å²) in [6.45, 7) is 0. The molecule has 1 aromatic carbocycles. The smallest absolute Gasteiger partial charge is 0.300 e. The Kier molecular flexibility index (Phi) is 4.31. The van der Waals surface area contributed by atoms with Gasteiger partial charge in [-0.25, -0.2) is 4.79 Å². The van der Waals surface area contributed by atoms with Crippen molar-refractivity contribution < 1.29 is 0 Å². The van der Waals surface area contributed by atoms with Crippen molar-refractivity contribution in [1.29, 1.82) is 0 Å². The van der Waals surface area contributed by atoms with Gasteiger partial charge in [-0.1, -0.05) is 15.9 Å². The molecular weight excluding hydrogens is 328 g/mol. The average Bonchev–Trinajstić information content (AvgIpc) is 2.41. The molecule has 1 aromatic heterocycles. The van der Waals surface area contributed by atoms with E-state index in [9.17, 15) is 9.59 Å². The van der Waals surface area contributed by atoms with Gasteiger partial charge >= 0.3 is 5.69 Å². The molecule has 2 aromatic rings. The first-order valence-corrected chi connectivity index (χ1v) is 7.41. The van der Waals surface area contributed by atoms with Gasteiger partial charge in [0.1, 0.15) is 0 Å². The second kappa shape index (κ2) is 5.79. The van der Waals surface area contributed by atoms with Crippen molar-refractivity contribution in [3.8, 4) is 0 Å². The van der Waals surface area contributed by atoms with Crippen LogP contribution >= 0.6 is 27.7 Å². The maximum absolute atomic E-state index is 11.8. The van der Waals surface area contributed by atoms with E-state index in [0.29, 0.717) is 5.75 Å². The van der Waals surface area contributed by atoms with Crippen LogP contribution < -0.4 is 11.2 Å². The molecule has 0 radical (unpaired) electrons. The molecule has 0 atom stereocenters. The van der Waals surface area contributed by atoms with Gasteiger partial charge in [0.2, 0.25) is 0 Å². The summed E-state index contributed by atoms with van der Waals surface area (Å²) in [7, 11) is 3.16. The van der Waals surface area contributed by atoms with Gasteiger partial charge < -0.3 is 0 Å². The highest BCUT2D eigenvalue weighted by atomic mass is 79.9. The van der Waals surface area contributed by atoms with E-state index in [1.54, 1.807) is 18.8 Å². The molecule has 0 saturated heterocycles. The molecule has 6 heteroatoms. The first kappa shape index (κ1) is 14.1. The van der Waals surface area contributed by atoms with E-state index in [-0.39, 0.29) is 11.2 Å². The third kappa shape index (κ3) is 3.19. The zero-order valence-corrected chi connectivity index (χ0v) is 13.0. The Labute approximate surface area is 123 Å². The lowest BCUT2D eigenvalue weighted by Gasteiger charge is -2.09. The van der Waals surface area contributed by atoms with Gasteiger partial charge in [0.05, 0.1) is 0 Å². The molecule has 19 heavy (non-hydrogen) atoms. The molecule has 100 valence electrons. The van der Waals surface area contributed by atoms with E-state index in [1.807, 2.05) is 24.3 Å². The monoisotopic (exact) mass is 340 g/mol. The molecule has 0 fully saturated rings. The molecule has 0 aliphatic rings. The van der Waals surface area contributed by atoms with Crippen LogP contribution in [0.1, 0.15) is 5.69 Å². The highest BCUT2D eigenvalue weighted by molar-refractivity contribution is 9.10. The van der Waals surface area contributed by atoms with Crippen LogP contribution in [-0.2, 0) is 19.8 Å². The summed E-state index contributed by atoms with van der Waals surface area (Å²) in [5.74, 6) is 0.587. The second-order valence-corrected chi connectivity index (χ2v) is 6.08. The summed E-state index contributed by atoms with van der Waals surface area (Å²) in [6, 6.07) is 9.42. The molecule has 4 nitrogen and oxygen atoms in total. The van der Waals surface area contributed by atoms with Crippen LogP contribution in [0.5, 0.6) is 0 Å². The number of nitrogens with zero attached hydrogens (tertiary/aromatic N) is 2. The minimum Gasteiger partial charge on any atom is -0.300 e. The highest BCUT2D eigenvalue weighted by Gasteiger charge is 2.06. The summed E-state index contributed by atoms with van der Waals surface area (Å²) in [5.41, 5.74) is 0.162. The van der Waals surface area contributed by atoms with E-state index in [0.717, 1.165) is 19.6 Å². The average molecular weight is 341 g/mol. The molecule has 0 N–H and O–H groups in total. The second-order valence-electron chi connectivity index (χ2n) is 4.12. The first-order chi connectivity index (χ1) is 8.99. The van der Waals surface area contributed by atoms with Crippen molar-refractivity contribution in [1.82, 2.24) is 9.13 Å². The molecule has 0 amide bonds. The number of benzene rings is 1. The normalized spacial score (nSPS) is 10.7. The fourth-order valence-corrected chi connectivity index (χ4v) is 2.79. The fourth-order valence-electron chi connectivity index (χ4n) is 1.60. The van der Waals surface area contributed by atoms with Gasteiger partial charge in [0.15, 0.2) is 0 Å². The van der Waals surface area contributed by atoms with E-state index in [1.165, 1.54) is 17.7 Å². The standard InChI is InChI=1S/C13H13BrN2O2S/c1-15-10(7-12(17)16(2)13(15)18)8-19-11-5-3-9(14)4-6-11/h3-7H,8H2,1-2H3. The van der Waals surface area contributed by atoms with Crippen LogP contribution in [-0.4, -0.2) is 9.13 Å². The minimum absolute atomic E-state index is 0.269. The lowest BCUT2D eigenvalue weighted by atomic mass is 10.4. The molecule has 0 aliphatic heterocycles. The SMILES string of the molecule is Cn1c(CSc2ccc(Br)cc2)cc(=O)n(C)c1=O. The minimum atomic E-state index is -0.293. The van der Waals surface area contributed by atoms with Crippen LogP contribution in [0.2, 0.25) is 0 Å². The summed E-state index contributed by atoms with van der Waals surface area (Å²) in [6.07, 6.45) is 0. The molecule has 0 spiro atoms. The van der Waals surface area contributed by atoms with Crippen molar-refractivity contribution in [2.24, 2.45) is 14.1 Å². The van der Waals surface area contributed by atoms with E-state index in [2.05, 4.69) is 15.9 Å². The summed E-state index contributed by atoms with van der Waals surface area (Å²) < 4.78 is 3.64. The zero-order chi connectivity index (χ0) is 14.0. The fraction of sp³-hybridized carbons (Fsp3) is 0.231. The van der Waals surface area contributed by atoms with Crippen molar-refractivity contribution in [3.63, 3.8) is 0 Å². The largest absolute Gasteiger partial charge is 0.330 e. The highest BCUT2D eigenvalue weighted by Crippen LogP contribution is 2.23. The van der Waals surface area contributed by atoms with Crippen LogP contribution in [0, 0.1) is 0 Å². The third-order valence-corrected chi connectivity index (χ3v) is 4.40. The lowest BCUT2D eigenvalue weighted by Crippen LogP contribution is -2.37. The van der Waals surface area contributed by atoms with Crippen LogP contribution in [0.3, 0.4) is 0 Å². The van der Waals surface area contributed by atoms with Gasteiger partial charge in [-0.05, 0) is 24.3 Å². The van der Waals surface area contributed by atoms with Gasteiger partial charge in [-0.15, -0.1) is 11.8 Å². The molecule has 0 aliphatic carbocycles. The molecule has 0 bridgehead atoms. The van der Waals surface area contributed by atoms with Crippen molar-refractivity contribution in [2.75, 3.05) is 0 Å². The lowest BCUT2D eigenvalue weighted by molar-refractivity contribution is 0.665. The maximum Gasteiger partial charge on any atom is 0.330 e. The Bertz CT molecular complexity index is 704.